The van der Waals surface area contributed by atoms with E-state index < -0.39 is 0 Å². The van der Waals surface area contributed by atoms with E-state index >= 15 is 0 Å². The topological polar surface area (TPSA) is 60.4 Å². The second-order valence-corrected chi connectivity index (χ2v) is 6.98. The van der Waals surface area contributed by atoms with Crippen molar-refractivity contribution in [1.29, 1.82) is 0 Å². The Balaban J connectivity index is 0.000000172. The molecule has 4 rings (SSSR count). The fraction of sp³-hybridized carbons (Fsp3) is 0.115. The molecule has 0 aromatic heterocycles. The van der Waals surface area contributed by atoms with Crippen LogP contribution < -0.4 is 0 Å². The van der Waals surface area contributed by atoms with Crippen LogP contribution in [-0.2, 0) is 4.74 Å². The second kappa shape index (κ2) is 9.61. The van der Waals surface area contributed by atoms with Crippen LogP contribution in [0.15, 0.2) is 96.8 Å². The van der Waals surface area contributed by atoms with Crippen molar-refractivity contribution in [2.75, 3.05) is 0 Å². The number of allylic oxidation sites excluding steroid dienone is 2. The number of ketones is 3. The third kappa shape index (κ3) is 4.97. The van der Waals surface area contributed by atoms with Crippen molar-refractivity contribution >= 4 is 17.3 Å². The van der Waals surface area contributed by atoms with Crippen LogP contribution in [0, 0.1) is 0 Å². The van der Waals surface area contributed by atoms with Gasteiger partial charge in [-0.2, -0.15) is 0 Å². The molecule has 0 saturated heterocycles. The lowest BCUT2D eigenvalue weighted by atomic mass is 9.94. The van der Waals surface area contributed by atoms with Crippen LogP contribution in [0.4, 0.5) is 0 Å². The van der Waals surface area contributed by atoms with Crippen LogP contribution in [0.5, 0.6) is 0 Å². The van der Waals surface area contributed by atoms with E-state index in [0.29, 0.717) is 11.1 Å². The molecule has 0 unspecified atom stereocenters. The van der Waals surface area contributed by atoms with Crippen molar-refractivity contribution in [2.45, 2.75) is 20.0 Å². The number of benzene rings is 3. The lowest BCUT2D eigenvalue weighted by Gasteiger charge is -2.17. The van der Waals surface area contributed by atoms with E-state index in [0.717, 1.165) is 11.1 Å². The van der Waals surface area contributed by atoms with Crippen molar-refractivity contribution in [3.05, 3.63) is 119 Å². The summed E-state index contributed by atoms with van der Waals surface area (Å²) in [5.74, 6) is -0.181. The zero-order valence-electron chi connectivity index (χ0n) is 16.9. The summed E-state index contributed by atoms with van der Waals surface area (Å²) in [6.45, 7) is 3.64. The van der Waals surface area contributed by atoms with E-state index in [1.54, 1.807) is 24.3 Å². The molecule has 150 valence electrons. The van der Waals surface area contributed by atoms with E-state index in [9.17, 15) is 14.4 Å². The average Bonchev–Trinajstić information content (AvgIpc) is 2.78. The number of hydrogen-bond acceptors (Lipinski definition) is 4. The van der Waals surface area contributed by atoms with Crippen LogP contribution in [0.2, 0.25) is 0 Å². The first kappa shape index (κ1) is 20.9. The van der Waals surface area contributed by atoms with Crippen molar-refractivity contribution in [2.24, 2.45) is 0 Å². The van der Waals surface area contributed by atoms with Crippen molar-refractivity contribution in [3.8, 4) is 0 Å². The highest BCUT2D eigenvalue weighted by Crippen LogP contribution is 2.22. The van der Waals surface area contributed by atoms with Gasteiger partial charge in [0, 0.05) is 28.3 Å². The SMILES string of the molecule is CC(C)OC1=CC(=O)c2ccccc2C1=O.O=C(c1ccccc1)c1ccccc1. The van der Waals surface area contributed by atoms with Crippen molar-refractivity contribution in [1.82, 2.24) is 0 Å². The summed E-state index contributed by atoms with van der Waals surface area (Å²) in [6.07, 6.45) is 1.15. The Morgan fingerprint density at radius 2 is 1.17 bits per heavy atom. The zero-order chi connectivity index (χ0) is 21.5. The van der Waals surface area contributed by atoms with Gasteiger partial charge < -0.3 is 4.74 Å². The number of hydrogen-bond donors (Lipinski definition) is 0. The Bertz CT molecular complexity index is 1040. The van der Waals surface area contributed by atoms with Crippen LogP contribution in [-0.4, -0.2) is 23.5 Å². The number of carbonyl (C=O) groups is 3. The van der Waals surface area contributed by atoms with Gasteiger partial charge in [0.2, 0.25) is 5.78 Å². The third-order valence-electron chi connectivity index (χ3n) is 4.36. The number of ether oxygens (including phenoxy) is 1. The van der Waals surface area contributed by atoms with Gasteiger partial charge in [0.25, 0.3) is 0 Å². The molecule has 4 heteroatoms. The average molecular weight is 398 g/mol. The fourth-order valence-corrected chi connectivity index (χ4v) is 2.98. The molecule has 1 aliphatic rings. The minimum absolute atomic E-state index is 0.0752. The molecule has 0 spiro atoms. The Morgan fingerprint density at radius 1 is 0.700 bits per heavy atom. The first-order valence-corrected chi connectivity index (χ1v) is 9.68. The molecule has 0 atom stereocenters. The standard InChI is InChI=1S/C13H12O3.C13H10O/c1-8(2)16-12-7-11(14)9-5-3-4-6-10(9)13(12)15;14-13(11-7-3-1-4-8-11)12-9-5-2-6-10-12/h3-8H,1-2H3;1-10H. The van der Waals surface area contributed by atoms with Crippen molar-refractivity contribution in [3.63, 3.8) is 0 Å². The van der Waals surface area contributed by atoms with Gasteiger partial charge in [0.1, 0.15) is 0 Å². The summed E-state index contributed by atoms with van der Waals surface area (Å²) in [6, 6.07) is 25.4. The lowest BCUT2D eigenvalue weighted by molar-refractivity contribution is 0.0811. The van der Waals surface area contributed by atoms with Gasteiger partial charge in [-0.25, -0.2) is 0 Å². The van der Waals surface area contributed by atoms with E-state index in [1.807, 2.05) is 74.5 Å². The molecule has 3 aromatic carbocycles. The minimum atomic E-state index is -0.219. The molecule has 0 heterocycles. The Hall–Kier alpha value is -3.79. The Labute approximate surface area is 175 Å². The van der Waals surface area contributed by atoms with Crippen LogP contribution >= 0.6 is 0 Å². The monoisotopic (exact) mass is 398 g/mol. The fourth-order valence-electron chi connectivity index (χ4n) is 2.98. The molecule has 0 radical (unpaired) electrons. The van der Waals surface area contributed by atoms with E-state index in [-0.39, 0.29) is 29.2 Å². The maximum Gasteiger partial charge on any atom is 0.228 e. The number of carbonyl (C=O) groups excluding carboxylic acids is 3. The van der Waals surface area contributed by atoms with Crippen LogP contribution in [0.1, 0.15) is 50.5 Å². The normalized spacial score (nSPS) is 12.4. The molecule has 0 N–H and O–H groups in total. The molecule has 3 aromatic rings. The van der Waals surface area contributed by atoms with Gasteiger partial charge in [-0.05, 0) is 13.8 Å². The Morgan fingerprint density at radius 3 is 1.67 bits per heavy atom. The second-order valence-electron chi connectivity index (χ2n) is 6.98. The number of Topliss-reactive ketones (excluding diaryl/α,β-unsaturated/α-hetero) is 1. The lowest BCUT2D eigenvalue weighted by Crippen LogP contribution is -2.20. The van der Waals surface area contributed by atoms with E-state index in [1.165, 1.54) is 6.08 Å². The van der Waals surface area contributed by atoms with Gasteiger partial charge in [-0.15, -0.1) is 0 Å². The van der Waals surface area contributed by atoms with Gasteiger partial charge in [-0.1, -0.05) is 84.9 Å². The minimum Gasteiger partial charge on any atom is -0.487 e. The van der Waals surface area contributed by atoms with Gasteiger partial charge in [0.15, 0.2) is 17.3 Å². The number of fused-ring (bicyclic) bond motifs is 1. The maximum absolute atomic E-state index is 12.0. The first-order chi connectivity index (χ1) is 14.5. The van der Waals surface area contributed by atoms with Gasteiger partial charge in [0.05, 0.1) is 6.10 Å². The van der Waals surface area contributed by atoms with E-state index in [2.05, 4.69) is 0 Å². The summed E-state index contributed by atoms with van der Waals surface area (Å²) in [5, 5.41) is 0. The largest absolute Gasteiger partial charge is 0.487 e. The molecule has 0 fully saturated rings. The maximum atomic E-state index is 12.0. The molecular formula is C26H22O4. The quantitative estimate of drug-likeness (QED) is 0.560. The molecule has 0 bridgehead atoms. The smallest absolute Gasteiger partial charge is 0.228 e. The molecule has 0 saturated carbocycles. The molecule has 30 heavy (non-hydrogen) atoms. The van der Waals surface area contributed by atoms with Crippen LogP contribution in [0.3, 0.4) is 0 Å². The summed E-state index contributed by atoms with van der Waals surface area (Å²) < 4.78 is 5.32. The third-order valence-corrected chi connectivity index (χ3v) is 4.36. The summed E-state index contributed by atoms with van der Waals surface area (Å²) in [5.41, 5.74) is 2.34. The zero-order valence-corrected chi connectivity index (χ0v) is 16.9. The molecule has 0 amide bonds. The first-order valence-electron chi connectivity index (χ1n) is 9.68. The highest BCUT2D eigenvalue weighted by Gasteiger charge is 2.26. The Kier molecular flexibility index (Phi) is 6.71. The van der Waals surface area contributed by atoms with Crippen LogP contribution in [0.25, 0.3) is 0 Å². The summed E-state index contributed by atoms with van der Waals surface area (Å²) in [7, 11) is 0. The highest BCUT2D eigenvalue weighted by molar-refractivity contribution is 6.23. The van der Waals surface area contributed by atoms with Gasteiger partial charge in [-0.3, -0.25) is 14.4 Å². The molecule has 4 nitrogen and oxygen atoms in total. The van der Waals surface area contributed by atoms with E-state index in [4.69, 9.17) is 4.74 Å². The predicted molar refractivity (Wildman–Crippen MR) is 116 cm³/mol. The van der Waals surface area contributed by atoms with Crippen molar-refractivity contribution < 1.29 is 19.1 Å². The number of rotatable bonds is 4. The summed E-state index contributed by atoms with van der Waals surface area (Å²) >= 11 is 0. The van der Waals surface area contributed by atoms with Gasteiger partial charge >= 0.3 is 0 Å². The molecule has 0 aliphatic heterocycles. The predicted octanol–water partition coefficient (Wildman–Crippen LogP) is 5.29. The molecular weight excluding hydrogens is 376 g/mol. The summed E-state index contributed by atoms with van der Waals surface area (Å²) in [4.78, 5) is 35.5. The molecule has 1 aliphatic carbocycles. The highest BCUT2D eigenvalue weighted by atomic mass is 16.5.